The van der Waals surface area contributed by atoms with Gasteiger partial charge in [0.1, 0.15) is 11.3 Å². The van der Waals surface area contributed by atoms with Crippen LogP contribution in [0, 0.1) is 13.8 Å². The Bertz CT molecular complexity index is 1020. The number of aromatic hydroxyl groups is 1. The van der Waals surface area contributed by atoms with E-state index in [-0.39, 0.29) is 17.0 Å². The van der Waals surface area contributed by atoms with E-state index in [9.17, 15) is 14.7 Å². The summed E-state index contributed by atoms with van der Waals surface area (Å²) in [7, 11) is 0. The summed E-state index contributed by atoms with van der Waals surface area (Å²) in [6.45, 7) is 6.01. The average molecular weight is 356 g/mol. The van der Waals surface area contributed by atoms with E-state index in [1.165, 1.54) is 12.4 Å². The number of aromatic nitrogens is 3. The summed E-state index contributed by atoms with van der Waals surface area (Å²) in [5.74, 6) is -0.0898. The molecule has 0 bridgehead atoms. The molecule has 26 heavy (non-hydrogen) atoms. The summed E-state index contributed by atoms with van der Waals surface area (Å²) in [5, 5.41) is 17.2. The topological polar surface area (TPSA) is 110 Å². The Balaban J connectivity index is 2.08. The molecule has 3 aromatic rings. The van der Waals surface area contributed by atoms with E-state index in [1.54, 1.807) is 19.9 Å². The second-order valence-electron chi connectivity index (χ2n) is 6.06. The molecule has 0 aliphatic carbocycles. The van der Waals surface area contributed by atoms with Crippen molar-refractivity contribution in [1.82, 2.24) is 19.9 Å². The Hall–Kier alpha value is -3.16. The van der Waals surface area contributed by atoms with Crippen LogP contribution in [0.15, 0.2) is 27.8 Å². The molecule has 3 rings (SSSR count). The van der Waals surface area contributed by atoms with Gasteiger partial charge in [-0.1, -0.05) is 18.5 Å². The fourth-order valence-electron chi connectivity index (χ4n) is 2.83. The third-order valence-electron chi connectivity index (χ3n) is 4.21. The van der Waals surface area contributed by atoms with Crippen molar-refractivity contribution in [3.63, 3.8) is 0 Å². The van der Waals surface area contributed by atoms with E-state index in [2.05, 4.69) is 15.5 Å². The molecule has 0 saturated heterocycles. The minimum Gasteiger partial charge on any atom is -0.504 e. The maximum atomic E-state index is 12.6. The zero-order chi connectivity index (χ0) is 18.8. The molecule has 136 valence electrons. The smallest absolute Gasteiger partial charge is 0.270 e. The fourth-order valence-corrected chi connectivity index (χ4v) is 2.83. The van der Waals surface area contributed by atoms with Crippen molar-refractivity contribution in [3.8, 4) is 16.9 Å². The van der Waals surface area contributed by atoms with Crippen molar-refractivity contribution in [2.45, 2.75) is 33.6 Å². The van der Waals surface area contributed by atoms with Gasteiger partial charge in [-0.3, -0.25) is 14.0 Å². The first kappa shape index (κ1) is 17.7. The number of nitrogens with one attached hydrogen (secondary N) is 1. The van der Waals surface area contributed by atoms with Gasteiger partial charge in [0.25, 0.3) is 11.5 Å². The maximum absolute atomic E-state index is 12.6. The molecule has 1 amide bonds. The third-order valence-corrected chi connectivity index (χ3v) is 4.21. The van der Waals surface area contributed by atoms with Crippen LogP contribution in [-0.2, 0) is 0 Å². The number of amides is 1. The predicted molar refractivity (Wildman–Crippen MR) is 95.3 cm³/mol. The van der Waals surface area contributed by atoms with Gasteiger partial charge in [0.05, 0.1) is 11.3 Å². The van der Waals surface area contributed by atoms with Crippen LogP contribution in [0.5, 0.6) is 5.75 Å². The number of fused-ring (bicyclic) bond motifs is 1. The van der Waals surface area contributed by atoms with Gasteiger partial charge in [0, 0.05) is 24.5 Å². The van der Waals surface area contributed by atoms with E-state index in [0.717, 1.165) is 17.2 Å². The van der Waals surface area contributed by atoms with Crippen molar-refractivity contribution in [2.75, 3.05) is 6.54 Å². The summed E-state index contributed by atoms with van der Waals surface area (Å²) in [6.07, 6.45) is 4.44. The van der Waals surface area contributed by atoms with Gasteiger partial charge in [0.15, 0.2) is 11.4 Å². The molecular formula is C18H20N4O4. The Morgan fingerprint density at radius 2 is 2.15 bits per heavy atom. The largest absolute Gasteiger partial charge is 0.504 e. The highest BCUT2D eigenvalue weighted by Crippen LogP contribution is 2.35. The Morgan fingerprint density at radius 3 is 2.81 bits per heavy atom. The molecule has 0 unspecified atom stereocenters. The van der Waals surface area contributed by atoms with E-state index < -0.39 is 11.5 Å². The fraction of sp³-hybridized carbons (Fsp3) is 0.333. The second-order valence-corrected chi connectivity index (χ2v) is 6.06. The number of pyridine rings is 1. The predicted octanol–water partition coefficient (Wildman–Crippen LogP) is 2.20. The summed E-state index contributed by atoms with van der Waals surface area (Å²) < 4.78 is 6.29. The van der Waals surface area contributed by atoms with Gasteiger partial charge < -0.3 is 14.9 Å². The highest BCUT2D eigenvalue weighted by Gasteiger charge is 2.20. The molecule has 3 aromatic heterocycles. The van der Waals surface area contributed by atoms with E-state index in [0.29, 0.717) is 29.1 Å². The minimum atomic E-state index is -0.537. The van der Waals surface area contributed by atoms with Crippen LogP contribution in [0.25, 0.3) is 16.8 Å². The first-order chi connectivity index (χ1) is 12.5. The van der Waals surface area contributed by atoms with Crippen molar-refractivity contribution in [2.24, 2.45) is 0 Å². The number of carbonyl (C=O) groups excluding carboxylic acids is 1. The molecule has 0 aromatic carbocycles. The molecule has 0 atom stereocenters. The third kappa shape index (κ3) is 2.94. The van der Waals surface area contributed by atoms with Crippen LogP contribution in [0.2, 0.25) is 0 Å². The molecular weight excluding hydrogens is 336 g/mol. The van der Waals surface area contributed by atoms with Gasteiger partial charge in [-0.25, -0.2) is 4.98 Å². The first-order valence-electron chi connectivity index (χ1n) is 8.40. The number of unbranched alkanes of at least 4 members (excludes halogenated alkanes) is 1. The van der Waals surface area contributed by atoms with Gasteiger partial charge in [-0.2, -0.15) is 0 Å². The van der Waals surface area contributed by atoms with Crippen LogP contribution in [0.1, 0.15) is 41.6 Å². The Morgan fingerprint density at radius 1 is 1.38 bits per heavy atom. The molecule has 0 spiro atoms. The normalized spacial score (nSPS) is 11.0. The average Bonchev–Trinajstić information content (AvgIpc) is 2.95. The zero-order valence-corrected chi connectivity index (χ0v) is 14.9. The van der Waals surface area contributed by atoms with Crippen LogP contribution < -0.4 is 10.9 Å². The van der Waals surface area contributed by atoms with Crippen LogP contribution >= 0.6 is 0 Å². The summed E-state index contributed by atoms with van der Waals surface area (Å²) in [5.41, 5.74) is 1.20. The van der Waals surface area contributed by atoms with E-state index in [4.69, 9.17) is 4.52 Å². The highest BCUT2D eigenvalue weighted by atomic mass is 16.5. The molecule has 2 N–H and O–H groups in total. The second kappa shape index (κ2) is 6.99. The van der Waals surface area contributed by atoms with Crippen molar-refractivity contribution in [1.29, 1.82) is 0 Å². The monoisotopic (exact) mass is 356 g/mol. The maximum Gasteiger partial charge on any atom is 0.270 e. The van der Waals surface area contributed by atoms with E-state index >= 15 is 0 Å². The number of nitrogens with zero attached hydrogens (tertiary/aromatic N) is 3. The molecule has 0 aliphatic heterocycles. The molecule has 0 aliphatic rings. The standard InChI is InChI=1S/C18H20N4O4/c1-4-5-7-19-17(24)13-9-20-16-15(23)12(6-8-22(16)18(13)25)14-10(2)21-26-11(14)3/h6,8-9,23H,4-5,7H2,1-3H3,(H,19,24). The molecule has 0 saturated carbocycles. The van der Waals surface area contributed by atoms with E-state index in [1.807, 2.05) is 6.92 Å². The van der Waals surface area contributed by atoms with Gasteiger partial charge in [0.2, 0.25) is 0 Å². The molecule has 0 fully saturated rings. The lowest BCUT2D eigenvalue weighted by Crippen LogP contribution is -2.32. The highest BCUT2D eigenvalue weighted by molar-refractivity contribution is 5.94. The van der Waals surface area contributed by atoms with Gasteiger partial charge >= 0.3 is 0 Å². The first-order valence-corrected chi connectivity index (χ1v) is 8.40. The van der Waals surface area contributed by atoms with Crippen LogP contribution in [0.3, 0.4) is 0 Å². The molecule has 3 heterocycles. The van der Waals surface area contributed by atoms with Crippen LogP contribution in [-0.4, -0.2) is 32.1 Å². The minimum absolute atomic E-state index is 0.0666. The summed E-state index contributed by atoms with van der Waals surface area (Å²) in [4.78, 5) is 28.9. The lowest BCUT2D eigenvalue weighted by molar-refractivity contribution is 0.0951. The lowest BCUT2D eigenvalue weighted by Gasteiger charge is -2.09. The summed E-state index contributed by atoms with van der Waals surface area (Å²) >= 11 is 0. The van der Waals surface area contributed by atoms with Crippen molar-refractivity contribution < 1.29 is 14.4 Å². The zero-order valence-electron chi connectivity index (χ0n) is 14.9. The van der Waals surface area contributed by atoms with Crippen molar-refractivity contribution in [3.05, 3.63) is 45.8 Å². The SMILES string of the molecule is CCCCNC(=O)c1cnc2c(O)c(-c3c(C)noc3C)ccn2c1=O. The number of carbonyl (C=O) groups is 1. The van der Waals surface area contributed by atoms with Gasteiger partial charge in [-0.15, -0.1) is 0 Å². The Kier molecular flexibility index (Phi) is 4.75. The van der Waals surface area contributed by atoms with Gasteiger partial charge in [-0.05, 0) is 26.3 Å². The van der Waals surface area contributed by atoms with Crippen molar-refractivity contribution >= 4 is 11.6 Å². The molecule has 8 nitrogen and oxygen atoms in total. The number of rotatable bonds is 5. The number of aryl methyl sites for hydroxylation is 2. The van der Waals surface area contributed by atoms with Crippen LogP contribution in [0.4, 0.5) is 0 Å². The molecule has 8 heteroatoms. The number of hydrogen-bond donors (Lipinski definition) is 2. The lowest BCUT2D eigenvalue weighted by atomic mass is 10.0. The Labute approximate surface area is 149 Å². The number of hydrogen-bond acceptors (Lipinski definition) is 6. The molecule has 0 radical (unpaired) electrons. The summed E-state index contributed by atoms with van der Waals surface area (Å²) in [6, 6.07) is 1.58. The quantitative estimate of drug-likeness (QED) is 0.678.